The van der Waals surface area contributed by atoms with Crippen molar-refractivity contribution < 1.29 is 9.13 Å². The Hall–Kier alpha value is -2.80. The molecule has 0 radical (unpaired) electrons. The number of hydrogen-bond acceptors (Lipinski definition) is 4. The lowest BCUT2D eigenvalue weighted by Gasteiger charge is -2.35. The molecular formula is C24H34FN5O. The third-order valence-corrected chi connectivity index (χ3v) is 5.58. The summed E-state index contributed by atoms with van der Waals surface area (Å²) in [5.74, 6) is 1.35. The van der Waals surface area contributed by atoms with E-state index in [1.54, 1.807) is 13.2 Å². The summed E-state index contributed by atoms with van der Waals surface area (Å²) in [4.78, 5) is 9.14. The van der Waals surface area contributed by atoms with Crippen LogP contribution in [-0.4, -0.2) is 57.2 Å². The molecular weight excluding hydrogens is 393 g/mol. The summed E-state index contributed by atoms with van der Waals surface area (Å²) in [5.41, 5.74) is 2.58. The van der Waals surface area contributed by atoms with Crippen molar-refractivity contribution in [2.75, 3.05) is 51.3 Å². The van der Waals surface area contributed by atoms with Crippen molar-refractivity contribution in [3.8, 4) is 5.75 Å². The van der Waals surface area contributed by atoms with Crippen LogP contribution in [0.2, 0.25) is 0 Å². The van der Waals surface area contributed by atoms with Gasteiger partial charge in [-0.3, -0.25) is 0 Å². The summed E-state index contributed by atoms with van der Waals surface area (Å²) in [6.07, 6.45) is 0. The van der Waals surface area contributed by atoms with Crippen molar-refractivity contribution in [3.63, 3.8) is 0 Å². The molecule has 6 nitrogen and oxygen atoms in total. The van der Waals surface area contributed by atoms with Gasteiger partial charge in [0.2, 0.25) is 0 Å². The molecule has 2 N–H and O–H groups in total. The van der Waals surface area contributed by atoms with Crippen LogP contribution in [0, 0.1) is 5.82 Å². The second-order valence-electron chi connectivity index (χ2n) is 7.57. The third-order valence-electron chi connectivity index (χ3n) is 5.58. The molecule has 168 valence electrons. The Balaban J connectivity index is 1.62. The number of methoxy groups -OCH3 is 1. The Labute approximate surface area is 185 Å². The monoisotopic (exact) mass is 427 g/mol. The normalized spacial score (nSPS) is 15.1. The van der Waals surface area contributed by atoms with Crippen molar-refractivity contribution in [3.05, 3.63) is 59.4 Å². The molecule has 7 heteroatoms. The van der Waals surface area contributed by atoms with Gasteiger partial charge >= 0.3 is 0 Å². The van der Waals surface area contributed by atoms with E-state index < -0.39 is 0 Å². The van der Waals surface area contributed by atoms with Crippen molar-refractivity contribution in [2.24, 2.45) is 4.99 Å². The van der Waals surface area contributed by atoms with Crippen LogP contribution in [0.25, 0.3) is 0 Å². The zero-order valence-electron chi connectivity index (χ0n) is 18.8. The molecule has 0 unspecified atom stereocenters. The van der Waals surface area contributed by atoms with Crippen LogP contribution in [0.5, 0.6) is 5.75 Å². The third kappa shape index (κ3) is 6.34. The Morgan fingerprint density at radius 2 is 1.84 bits per heavy atom. The minimum Gasteiger partial charge on any atom is -0.496 e. The lowest BCUT2D eigenvalue weighted by Crippen LogP contribution is -2.46. The van der Waals surface area contributed by atoms with Gasteiger partial charge in [-0.15, -0.1) is 0 Å². The van der Waals surface area contributed by atoms with Gasteiger partial charge in [-0.05, 0) is 37.2 Å². The highest BCUT2D eigenvalue weighted by Crippen LogP contribution is 2.22. The topological polar surface area (TPSA) is 52.1 Å². The van der Waals surface area contributed by atoms with E-state index in [4.69, 9.17) is 4.74 Å². The molecule has 0 amide bonds. The van der Waals surface area contributed by atoms with E-state index in [0.29, 0.717) is 24.7 Å². The molecule has 0 aliphatic carbocycles. The molecule has 0 atom stereocenters. The zero-order valence-corrected chi connectivity index (χ0v) is 18.8. The fourth-order valence-electron chi connectivity index (χ4n) is 3.75. The number of guanidine groups is 1. The molecule has 0 bridgehead atoms. The number of piperazine rings is 1. The second-order valence-corrected chi connectivity index (χ2v) is 7.57. The Bertz CT molecular complexity index is 865. The van der Waals surface area contributed by atoms with E-state index in [-0.39, 0.29) is 5.82 Å². The predicted octanol–water partition coefficient (Wildman–Crippen LogP) is 3.23. The predicted molar refractivity (Wildman–Crippen MR) is 125 cm³/mol. The first-order valence-electron chi connectivity index (χ1n) is 11.0. The van der Waals surface area contributed by atoms with E-state index >= 15 is 0 Å². The maximum Gasteiger partial charge on any atom is 0.191 e. The summed E-state index contributed by atoms with van der Waals surface area (Å²) in [7, 11) is 1.67. The first-order chi connectivity index (χ1) is 15.1. The quantitative estimate of drug-likeness (QED) is 0.500. The van der Waals surface area contributed by atoms with Crippen LogP contribution in [0.1, 0.15) is 25.0 Å². The van der Waals surface area contributed by atoms with E-state index in [9.17, 15) is 4.39 Å². The number of rotatable bonds is 8. The van der Waals surface area contributed by atoms with Crippen molar-refractivity contribution >= 4 is 11.6 Å². The van der Waals surface area contributed by atoms with Gasteiger partial charge in [0.05, 0.1) is 19.3 Å². The molecule has 2 aromatic carbocycles. The van der Waals surface area contributed by atoms with Crippen LogP contribution in [0.15, 0.2) is 47.5 Å². The molecule has 1 aliphatic rings. The number of likely N-dealkylation sites (N-methyl/N-ethyl adjacent to an activating group) is 1. The van der Waals surface area contributed by atoms with Crippen molar-refractivity contribution in [1.29, 1.82) is 0 Å². The van der Waals surface area contributed by atoms with Gasteiger partial charge in [-0.25, -0.2) is 9.38 Å². The zero-order chi connectivity index (χ0) is 22.1. The maximum absolute atomic E-state index is 14.8. The lowest BCUT2D eigenvalue weighted by atomic mass is 10.1. The van der Waals surface area contributed by atoms with Crippen LogP contribution in [-0.2, 0) is 13.1 Å². The molecule has 3 rings (SSSR count). The Kier molecular flexibility index (Phi) is 8.53. The van der Waals surface area contributed by atoms with Crippen LogP contribution >= 0.6 is 0 Å². The van der Waals surface area contributed by atoms with E-state index in [1.165, 1.54) is 0 Å². The lowest BCUT2D eigenvalue weighted by molar-refractivity contribution is 0.270. The number of nitrogens with zero attached hydrogens (tertiary/aromatic N) is 3. The first kappa shape index (κ1) is 22.9. The molecule has 1 aliphatic heterocycles. The van der Waals surface area contributed by atoms with Crippen LogP contribution in [0.4, 0.5) is 10.1 Å². The smallest absolute Gasteiger partial charge is 0.191 e. The largest absolute Gasteiger partial charge is 0.496 e. The number of ether oxygens (including phenoxy) is 1. The fraction of sp³-hybridized carbons (Fsp3) is 0.458. The van der Waals surface area contributed by atoms with Gasteiger partial charge < -0.3 is 25.2 Å². The highest BCUT2D eigenvalue weighted by Gasteiger charge is 2.18. The minimum absolute atomic E-state index is 0.176. The fourth-order valence-corrected chi connectivity index (χ4v) is 3.75. The highest BCUT2D eigenvalue weighted by molar-refractivity contribution is 5.79. The SMILES string of the molecule is CCNC(=NCc1ccc(N2CCN(CC)CC2)c(F)c1)NCc1ccccc1OC. The average molecular weight is 428 g/mol. The number of aliphatic imine (C=N–C) groups is 1. The van der Waals surface area contributed by atoms with E-state index in [1.807, 2.05) is 43.3 Å². The Morgan fingerprint density at radius 3 is 2.52 bits per heavy atom. The summed E-state index contributed by atoms with van der Waals surface area (Å²) < 4.78 is 20.2. The number of hydrogen-bond donors (Lipinski definition) is 2. The molecule has 31 heavy (non-hydrogen) atoms. The molecule has 0 spiro atoms. The molecule has 2 aromatic rings. The molecule has 1 heterocycles. The van der Waals surface area contributed by atoms with Crippen LogP contribution < -0.4 is 20.3 Å². The number of nitrogens with one attached hydrogen (secondary N) is 2. The number of para-hydroxylation sites is 1. The van der Waals surface area contributed by atoms with Gasteiger partial charge in [0, 0.05) is 44.8 Å². The number of anilines is 1. The summed E-state index contributed by atoms with van der Waals surface area (Å²) >= 11 is 0. The van der Waals surface area contributed by atoms with Gasteiger partial charge in [0.25, 0.3) is 0 Å². The highest BCUT2D eigenvalue weighted by atomic mass is 19.1. The first-order valence-corrected chi connectivity index (χ1v) is 11.0. The number of benzene rings is 2. The molecule has 0 saturated carbocycles. The summed E-state index contributed by atoms with van der Waals surface area (Å²) in [6, 6.07) is 13.3. The summed E-state index contributed by atoms with van der Waals surface area (Å²) in [6.45, 7) is 10.7. The van der Waals surface area contributed by atoms with E-state index in [2.05, 4.69) is 32.3 Å². The van der Waals surface area contributed by atoms with E-state index in [0.717, 1.165) is 56.1 Å². The van der Waals surface area contributed by atoms with Gasteiger partial charge in [0.1, 0.15) is 11.6 Å². The van der Waals surface area contributed by atoms with Crippen LogP contribution in [0.3, 0.4) is 0 Å². The maximum atomic E-state index is 14.8. The summed E-state index contributed by atoms with van der Waals surface area (Å²) in [5, 5.41) is 6.56. The van der Waals surface area contributed by atoms with Gasteiger partial charge in [-0.2, -0.15) is 0 Å². The van der Waals surface area contributed by atoms with Crippen molar-refractivity contribution in [1.82, 2.24) is 15.5 Å². The Morgan fingerprint density at radius 1 is 1.06 bits per heavy atom. The molecule has 1 saturated heterocycles. The molecule has 0 aromatic heterocycles. The minimum atomic E-state index is -0.176. The van der Waals surface area contributed by atoms with Gasteiger partial charge in [-0.1, -0.05) is 31.2 Å². The van der Waals surface area contributed by atoms with Crippen molar-refractivity contribution in [2.45, 2.75) is 26.9 Å². The average Bonchev–Trinajstić information content (AvgIpc) is 2.81. The standard InChI is InChI=1S/C24H34FN5O/c1-4-26-24(28-18-20-8-6-7-9-23(20)31-3)27-17-19-10-11-22(21(25)16-19)30-14-12-29(5-2)13-15-30/h6-11,16H,4-5,12-15,17-18H2,1-3H3,(H2,26,27,28). The number of halogens is 1. The second kappa shape index (κ2) is 11.6. The van der Waals surface area contributed by atoms with Gasteiger partial charge in [0.15, 0.2) is 5.96 Å². The molecule has 1 fully saturated rings.